The van der Waals surface area contributed by atoms with E-state index >= 15 is 0 Å². The quantitative estimate of drug-likeness (QED) is 0.518. The summed E-state index contributed by atoms with van der Waals surface area (Å²) in [5, 5.41) is 21.9. The maximum Gasteiger partial charge on any atom is 0.293 e. The predicted octanol–water partition coefficient (Wildman–Crippen LogP) is 2.68. The van der Waals surface area contributed by atoms with Gasteiger partial charge in [0.1, 0.15) is 12.1 Å². The molecule has 0 fully saturated rings. The van der Waals surface area contributed by atoms with E-state index in [2.05, 4.69) is 5.32 Å². The third-order valence-corrected chi connectivity index (χ3v) is 3.01. The Morgan fingerprint density at radius 1 is 1.13 bits per heavy atom. The fourth-order valence-electron chi connectivity index (χ4n) is 1.95. The number of amides is 1. The Kier molecular flexibility index (Phi) is 4.79. The molecule has 0 aliphatic rings. The van der Waals surface area contributed by atoms with Crippen LogP contribution in [0.1, 0.15) is 22.3 Å². The van der Waals surface area contributed by atoms with Crippen LogP contribution in [0.2, 0.25) is 0 Å². The minimum atomic E-state index is -0.691. The van der Waals surface area contributed by atoms with E-state index in [4.69, 9.17) is 5.26 Å². The molecule has 0 heterocycles. The normalized spacial score (nSPS) is 9.70. The lowest BCUT2D eigenvalue weighted by Crippen LogP contribution is -2.12. The number of nitro groups is 1. The summed E-state index contributed by atoms with van der Waals surface area (Å²) in [6.07, 6.45) is -0.415. The zero-order valence-electron chi connectivity index (χ0n) is 11.9. The highest BCUT2D eigenvalue weighted by atomic mass is 16.6. The topological polar surface area (TPSA) is 113 Å². The third kappa shape index (κ3) is 3.77. The molecule has 2 rings (SSSR count). The molecule has 1 amide bonds. The zero-order chi connectivity index (χ0) is 16.8. The molecule has 0 spiro atoms. The largest absolute Gasteiger partial charge is 0.319 e. The maximum atomic E-state index is 12.3. The number of hydrogen-bond donors (Lipinski definition) is 1. The number of rotatable bonds is 5. The Morgan fingerprint density at radius 3 is 2.43 bits per heavy atom. The van der Waals surface area contributed by atoms with Crippen molar-refractivity contribution >= 4 is 23.1 Å². The summed E-state index contributed by atoms with van der Waals surface area (Å²) >= 11 is 0. The van der Waals surface area contributed by atoms with Crippen molar-refractivity contribution in [3.63, 3.8) is 0 Å². The number of nitro benzene ring substituents is 1. The van der Waals surface area contributed by atoms with Gasteiger partial charge in [-0.1, -0.05) is 30.3 Å². The van der Waals surface area contributed by atoms with Crippen molar-refractivity contribution < 1.29 is 14.5 Å². The fourth-order valence-corrected chi connectivity index (χ4v) is 1.95. The van der Waals surface area contributed by atoms with E-state index < -0.39 is 22.9 Å². The number of ketones is 1. The fraction of sp³-hybridized carbons (Fsp3) is 0.0625. The summed E-state index contributed by atoms with van der Waals surface area (Å²) in [4.78, 5) is 34.2. The number of carbonyl (C=O) groups is 2. The highest BCUT2D eigenvalue weighted by molar-refractivity contribution is 6.10. The van der Waals surface area contributed by atoms with E-state index in [0.717, 1.165) is 6.07 Å². The Hall–Kier alpha value is -3.53. The number of nitrogens with zero attached hydrogens (tertiary/aromatic N) is 2. The summed E-state index contributed by atoms with van der Waals surface area (Å²) in [5.74, 6) is -1.01. The van der Waals surface area contributed by atoms with E-state index in [-0.39, 0.29) is 17.0 Å². The first-order valence-corrected chi connectivity index (χ1v) is 6.58. The van der Waals surface area contributed by atoms with E-state index in [1.807, 2.05) is 0 Å². The number of carbonyl (C=O) groups excluding carboxylic acids is 2. The number of benzene rings is 2. The van der Waals surface area contributed by atoms with Gasteiger partial charge < -0.3 is 5.32 Å². The number of nitriles is 1. The Balaban J connectivity index is 2.36. The molecule has 7 nitrogen and oxygen atoms in total. The van der Waals surface area contributed by atoms with Crippen LogP contribution in [0.5, 0.6) is 0 Å². The SMILES string of the molecule is N#CCC(=O)Nc1ccc(C(=O)c2ccccc2)cc1[N+](=O)[O-]. The van der Waals surface area contributed by atoms with Crippen LogP contribution in [-0.2, 0) is 4.79 Å². The van der Waals surface area contributed by atoms with Crippen LogP contribution >= 0.6 is 0 Å². The monoisotopic (exact) mass is 309 g/mol. The summed E-state index contributed by atoms with van der Waals surface area (Å²) < 4.78 is 0. The third-order valence-electron chi connectivity index (χ3n) is 3.01. The van der Waals surface area contributed by atoms with E-state index in [9.17, 15) is 19.7 Å². The molecule has 2 aromatic rings. The van der Waals surface area contributed by atoms with Crippen LogP contribution in [0, 0.1) is 21.4 Å². The molecule has 0 radical (unpaired) electrons. The first-order valence-electron chi connectivity index (χ1n) is 6.58. The molecule has 7 heteroatoms. The smallest absolute Gasteiger partial charge is 0.293 e. The number of anilines is 1. The Morgan fingerprint density at radius 2 is 1.83 bits per heavy atom. The van der Waals surface area contributed by atoms with E-state index in [0.29, 0.717) is 5.56 Å². The van der Waals surface area contributed by atoms with Crippen molar-refractivity contribution in [3.05, 3.63) is 69.8 Å². The standard InChI is InChI=1S/C16H11N3O4/c17-9-8-15(20)18-13-7-6-12(10-14(13)19(22)23)16(21)11-4-2-1-3-5-11/h1-7,10H,8H2,(H,18,20). The molecule has 2 aromatic carbocycles. The van der Waals surface area contributed by atoms with Crippen LogP contribution in [0.15, 0.2) is 48.5 Å². The van der Waals surface area contributed by atoms with Gasteiger partial charge in [0, 0.05) is 17.2 Å². The number of nitrogens with one attached hydrogen (secondary N) is 1. The van der Waals surface area contributed by atoms with Crippen LogP contribution in [-0.4, -0.2) is 16.6 Å². The summed E-state index contributed by atoms with van der Waals surface area (Å²) in [5.41, 5.74) is 0.0854. The molecule has 114 valence electrons. The van der Waals surface area contributed by atoms with Gasteiger partial charge in [-0.25, -0.2) is 0 Å². The first kappa shape index (κ1) is 15.9. The average Bonchev–Trinajstić information content (AvgIpc) is 2.55. The first-order chi connectivity index (χ1) is 11.0. The molecule has 1 N–H and O–H groups in total. The van der Waals surface area contributed by atoms with Crippen molar-refractivity contribution in [2.45, 2.75) is 6.42 Å². The molecular formula is C16H11N3O4. The molecule has 0 aromatic heterocycles. The van der Waals surface area contributed by atoms with Crippen molar-refractivity contribution in [1.29, 1.82) is 5.26 Å². The highest BCUT2D eigenvalue weighted by Gasteiger charge is 2.19. The van der Waals surface area contributed by atoms with Gasteiger partial charge in [0.2, 0.25) is 5.91 Å². The second-order valence-corrected chi connectivity index (χ2v) is 4.57. The second kappa shape index (κ2) is 6.95. The van der Waals surface area contributed by atoms with Crippen molar-refractivity contribution in [1.82, 2.24) is 0 Å². The van der Waals surface area contributed by atoms with Gasteiger partial charge in [0.05, 0.1) is 11.0 Å². The minimum absolute atomic E-state index is 0.0557. The van der Waals surface area contributed by atoms with Gasteiger partial charge in [-0.2, -0.15) is 5.26 Å². The van der Waals surface area contributed by atoms with Crippen LogP contribution in [0.3, 0.4) is 0 Å². The predicted molar refractivity (Wildman–Crippen MR) is 81.8 cm³/mol. The van der Waals surface area contributed by atoms with Gasteiger partial charge in [0.25, 0.3) is 5.69 Å². The highest BCUT2D eigenvalue weighted by Crippen LogP contribution is 2.26. The molecule has 0 atom stereocenters. The van der Waals surface area contributed by atoms with Crippen molar-refractivity contribution in [2.75, 3.05) is 5.32 Å². The van der Waals surface area contributed by atoms with Gasteiger partial charge >= 0.3 is 0 Å². The summed E-state index contributed by atoms with van der Waals surface area (Å²) in [6, 6.07) is 13.8. The maximum absolute atomic E-state index is 12.3. The van der Waals surface area contributed by atoms with Gasteiger partial charge in [-0.3, -0.25) is 19.7 Å². The van der Waals surface area contributed by atoms with E-state index in [1.54, 1.807) is 36.4 Å². The van der Waals surface area contributed by atoms with Crippen LogP contribution < -0.4 is 5.32 Å². The zero-order valence-corrected chi connectivity index (χ0v) is 11.9. The lowest BCUT2D eigenvalue weighted by atomic mass is 10.0. The van der Waals surface area contributed by atoms with Crippen LogP contribution in [0.25, 0.3) is 0 Å². The summed E-state index contributed by atoms with van der Waals surface area (Å²) in [7, 11) is 0. The number of hydrogen-bond acceptors (Lipinski definition) is 5. The molecule has 0 aliphatic heterocycles. The molecule has 0 bridgehead atoms. The molecule has 0 saturated heterocycles. The molecular weight excluding hydrogens is 298 g/mol. The van der Waals surface area contributed by atoms with Crippen LogP contribution in [0.4, 0.5) is 11.4 Å². The minimum Gasteiger partial charge on any atom is -0.319 e. The molecule has 23 heavy (non-hydrogen) atoms. The van der Waals surface area contributed by atoms with Gasteiger partial charge in [0.15, 0.2) is 5.78 Å². The van der Waals surface area contributed by atoms with Crippen molar-refractivity contribution in [2.24, 2.45) is 0 Å². The van der Waals surface area contributed by atoms with E-state index in [1.165, 1.54) is 12.1 Å². The Bertz CT molecular complexity index is 810. The average molecular weight is 309 g/mol. The van der Waals surface area contributed by atoms with Crippen molar-refractivity contribution in [3.8, 4) is 6.07 Å². The summed E-state index contributed by atoms with van der Waals surface area (Å²) in [6.45, 7) is 0. The van der Waals surface area contributed by atoms with Gasteiger partial charge in [-0.15, -0.1) is 0 Å². The second-order valence-electron chi connectivity index (χ2n) is 4.57. The Labute approximate surface area is 131 Å². The lowest BCUT2D eigenvalue weighted by molar-refractivity contribution is -0.383. The molecule has 0 unspecified atom stereocenters. The molecule has 0 saturated carbocycles. The van der Waals surface area contributed by atoms with Gasteiger partial charge in [-0.05, 0) is 12.1 Å². The lowest BCUT2D eigenvalue weighted by Gasteiger charge is -2.06. The molecule has 0 aliphatic carbocycles.